The van der Waals surface area contributed by atoms with E-state index >= 15 is 0 Å². The van der Waals surface area contributed by atoms with Crippen molar-refractivity contribution in [1.29, 1.82) is 0 Å². The Balaban J connectivity index is 4.90. The quantitative estimate of drug-likeness (QED) is 0.557. The molecule has 0 saturated heterocycles. The average molecular weight is 218 g/mol. The third-order valence-corrected chi connectivity index (χ3v) is 6.56. The van der Waals surface area contributed by atoms with Crippen LogP contribution in [0.5, 0.6) is 0 Å². The third-order valence-electron chi connectivity index (χ3n) is 2.59. The van der Waals surface area contributed by atoms with Crippen LogP contribution in [0.4, 0.5) is 0 Å². The Bertz CT molecular complexity index is 141. The third kappa shape index (κ3) is 2.77. The minimum atomic E-state index is -1.89. The van der Waals surface area contributed by atoms with E-state index in [1.54, 1.807) is 0 Å². The fourth-order valence-electron chi connectivity index (χ4n) is 2.13. The molecule has 0 unspecified atom stereocenters. The highest BCUT2D eigenvalue weighted by molar-refractivity contribution is 6.69. The Labute approximate surface area is 89.8 Å². The molecule has 0 saturated carbocycles. The highest BCUT2D eigenvalue weighted by Crippen LogP contribution is 2.10. The van der Waals surface area contributed by atoms with Crippen molar-refractivity contribution in [3.63, 3.8) is 0 Å². The Morgan fingerprint density at radius 1 is 0.786 bits per heavy atom. The summed E-state index contributed by atoms with van der Waals surface area (Å²) in [6.45, 7) is 8.92. The van der Waals surface area contributed by atoms with E-state index in [1.165, 1.54) is 0 Å². The lowest BCUT2D eigenvalue weighted by Crippen LogP contribution is -2.81. The van der Waals surface area contributed by atoms with E-state index in [2.05, 4.69) is 47.2 Å². The molecule has 3 N–H and O–H groups in total. The maximum absolute atomic E-state index is 3.42. The lowest BCUT2D eigenvalue weighted by Gasteiger charge is -2.45. The van der Waals surface area contributed by atoms with Gasteiger partial charge in [-0.25, -0.2) is 0 Å². The first-order valence-electron chi connectivity index (χ1n) is 5.30. The summed E-state index contributed by atoms with van der Waals surface area (Å²) in [4.78, 5) is 10.3. The topological polar surface area (TPSA) is 39.3 Å². The van der Waals surface area contributed by atoms with Gasteiger partial charge in [-0.15, -0.1) is 0 Å². The molecule has 0 aliphatic rings. The van der Waals surface area contributed by atoms with Crippen LogP contribution in [0.25, 0.3) is 0 Å². The number of rotatable bonds is 6. The first-order chi connectivity index (χ1) is 6.45. The second-order valence-corrected chi connectivity index (χ2v) is 7.49. The minimum absolute atomic E-state index is 0.522. The Hall–Kier alpha value is 0.0569. The molecule has 0 spiro atoms. The molecule has 0 aromatic heterocycles. The number of nitrogens with one attached hydrogen (secondary N) is 3. The van der Waals surface area contributed by atoms with Gasteiger partial charge in [-0.3, -0.25) is 4.57 Å². The lowest BCUT2D eigenvalue weighted by molar-refractivity contribution is 0.273. The van der Waals surface area contributed by atoms with E-state index < -0.39 is 8.72 Å². The summed E-state index contributed by atoms with van der Waals surface area (Å²) in [6, 6.07) is 1.04. The van der Waals surface area contributed by atoms with Gasteiger partial charge in [0.25, 0.3) is 0 Å². The van der Waals surface area contributed by atoms with Crippen LogP contribution >= 0.6 is 0 Å². The summed E-state index contributed by atoms with van der Waals surface area (Å²) in [6.07, 6.45) is 0. The number of hydrogen-bond donors (Lipinski definition) is 3. The smallest absolute Gasteiger partial charge is 0.303 e. The predicted molar refractivity (Wildman–Crippen MR) is 65.0 cm³/mol. The summed E-state index contributed by atoms with van der Waals surface area (Å²) in [5.74, 6) is 0. The number of hydrogen-bond acceptors (Lipinski definition) is 4. The molecule has 0 aliphatic carbocycles. The maximum Gasteiger partial charge on any atom is 0.368 e. The zero-order chi connectivity index (χ0) is 11.4. The molecule has 0 amide bonds. The Morgan fingerprint density at radius 2 is 1.07 bits per heavy atom. The van der Waals surface area contributed by atoms with Crippen LogP contribution in [0.15, 0.2) is 0 Å². The Kier molecular flexibility index (Phi) is 5.85. The molecule has 86 valence electrons. The second kappa shape index (κ2) is 5.82. The zero-order valence-electron chi connectivity index (χ0n) is 10.6. The number of nitrogens with zero attached hydrogens (tertiary/aromatic N) is 1. The first kappa shape index (κ1) is 14.1. The van der Waals surface area contributed by atoms with Crippen molar-refractivity contribution in [3.8, 4) is 0 Å². The van der Waals surface area contributed by atoms with E-state index in [0.717, 1.165) is 0 Å². The van der Waals surface area contributed by atoms with Gasteiger partial charge < -0.3 is 14.9 Å². The first-order valence-corrected chi connectivity index (χ1v) is 7.25. The fourth-order valence-corrected chi connectivity index (χ4v) is 5.21. The van der Waals surface area contributed by atoms with Crippen LogP contribution in [0.3, 0.4) is 0 Å². The fraction of sp³-hybridized carbons (Fsp3) is 1.00. The summed E-state index contributed by atoms with van der Waals surface area (Å²) in [7, 11) is 4.14. The maximum atomic E-state index is 3.42. The molecule has 0 bridgehead atoms. The summed E-state index contributed by atoms with van der Waals surface area (Å²) in [5, 5.41) is 0. The van der Waals surface area contributed by atoms with E-state index in [4.69, 9.17) is 0 Å². The monoisotopic (exact) mass is 218 g/mol. The van der Waals surface area contributed by atoms with Crippen LogP contribution in [-0.4, -0.2) is 46.5 Å². The van der Waals surface area contributed by atoms with Gasteiger partial charge in [-0.05, 0) is 21.1 Å². The zero-order valence-corrected chi connectivity index (χ0v) is 11.6. The standard InChI is InChI=1S/C9H26N4Si/c1-8(2)13(9(3)4)14(10-5,11-6)12-7/h8-12H,1-7H3. The molecule has 4 nitrogen and oxygen atoms in total. The van der Waals surface area contributed by atoms with Crippen molar-refractivity contribution in [3.05, 3.63) is 0 Å². The van der Waals surface area contributed by atoms with E-state index in [-0.39, 0.29) is 0 Å². The van der Waals surface area contributed by atoms with Gasteiger partial charge in [0.15, 0.2) is 0 Å². The highest BCUT2D eigenvalue weighted by Gasteiger charge is 2.40. The average Bonchev–Trinajstić information content (AvgIpc) is 2.12. The summed E-state index contributed by atoms with van der Waals surface area (Å²) in [5.41, 5.74) is 0. The van der Waals surface area contributed by atoms with Gasteiger partial charge in [0.1, 0.15) is 0 Å². The van der Waals surface area contributed by atoms with Crippen LogP contribution in [0.2, 0.25) is 0 Å². The SMILES string of the molecule is CN[Si](NC)(NC)N(C(C)C)C(C)C. The van der Waals surface area contributed by atoms with Crippen LogP contribution in [0.1, 0.15) is 27.7 Å². The normalized spacial score (nSPS) is 13.3. The van der Waals surface area contributed by atoms with E-state index in [9.17, 15) is 0 Å². The summed E-state index contributed by atoms with van der Waals surface area (Å²) >= 11 is 0. The molecular formula is C9H26N4Si. The van der Waals surface area contributed by atoms with Crippen molar-refractivity contribution >= 4 is 8.72 Å². The van der Waals surface area contributed by atoms with Crippen LogP contribution in [-0.2, 0) is 0 Å². The van der Waals surface area contributed by atoms with Crippen molar-refractivity contribution in [1.82, 2.24) is 19.5 Å². The van der Waals surface area contributed by atoms with Gasteiger partial charge >= 0.3 is 8.72 Å². The highest BCUT2D eigenvalue weighted by atomic mass is 28.4. The molecule has 0 aliphatic heterocycles. The largest absolute Gasteiger partial charge is 0.368 e. The summed E-state index contributed by atoms with van der Waals surface area (Å²) < 4.78 is 2.49. The van der Waals surface area contributed by atoms with Crippen molar-refractivity contribution < 1.29 is 0 Å². The molecule has 0 rings (SSSR count). The molecule has 0 atom stereocenters. The molecule has 0 fully saturated rings. The molecule has 14 heavy (non-hydrogen) atoms. The molecule has 0 heterocycles. The molecule has 0 aromatic rings. The van der Waals surface area contributed by atoms with Crippen molar-refractivity contribution in [2.45, 2.75) is 39.8 Å². The second-order valence-electron chi connectivity index (χ2n) is 4.06. The van der Waals surface area contributed by atoms with Gasteiger partial charge in [-0.1, -0.05) is 27.7 Å². The molecular weight excluding hydrogens is 192 g/mol. The van der Waals surface area contributed by atoms with Crippen molar-refractivity contribution in [2.75, 3.05) is 21.1 Å². The van der Waals surface area contributed by atoms with Gasteiger partial charge in [-0.2, -0.15) is 0 Å². The minimum Gasteiger partial charge on any atom is -0.303 e. The molecule has 0 aromatic carbocycles. The van der Waals surface area contributed by atoms with Gasteiger partial charge in [0, 0.05) is 12.1 Å². The van der Waals surface area contributed by atoms with Crippen LogP contribution < -0.4 is 14.9 Å². The molecule has 5 heteroatoms. The predicted octanol–water partition coefficient (Wildman–Crippen LogP) is 0.199. The van der Waals surface area contributed by atoms with E-state index in [0.29, 0.717) is 12.1 Å². The van der Waals surface area contributed by atoms with Crippen LogP contribution in [0, 0.1) is 0 Å². The molecule has 0 radical (unpaired) electrons. The van der Waals surface area contributed by atoms with E-state index in [1.807, 2.05) is 21.1 Å². The van der Waals surface area contributed by atoms with Gasteiger partial charge in [0.05, 0.1) is 0 Å². The lowest BCUT2D eigenvalue weighted by atomic mass is 10.3. The van der Waals surface area contributed by atoms with Crippen molar-refractivity contribution in [2.24, 2.45) is 0 Å². The Morgan fingerprint density at radius 3 is 1.14 bits per heavy atom. The van der Waals surface area contributed by atoms with Gasteiger partial charge in [0.2, 0.25) is 0 Å².